The second-order valence-electron chi connectivity index (χ2n) is 5.13. The SMILES string of the molecule is COc1ccc(C(=O)Nc2nnc(SCC(=O)c3ccccc3)s2)cc1. The van der Waals surface area contributed by atoms with E-state index in [1.807, 2.05) is 18.2 Å². The highest BCUT2D eigenvalue weighted by molar-refractivity contribution is 8.01. The number of amides is 1. The number of nitrogens with zero attached hydrogens (tertiary/aromatic N) is 2. The first kappa shape index (κ1) is 18.1. The van der Waals surface area contributed by atoms with E-state index in [4.69, 9.17) is 4.74 Å². The summed E-state index contributed by atoms with van der Waals surface area (Å²) < 4.78 is 5.69. The Hall–Kier alpha value is -2.71. The predicted octanol–water partition coefficient (Wildman–Crippen LogP) is 3.77. The first-order valence-corrected chi connectivity index (χ1v) is 9.46. The van der Waals surface area contributed by atoms with Crippen molar-refractivity contribution in [2.45, 2.75) is 4.34 Å². The molecule has 0 saturated carbocycles. The van der Waals surface area contributed by atoms with Crippen LogP contribution in [0.2, 0.25) is 0 Å². The van der Waals surface area contributed by atoms with Gasteiger partial charge in [-0.1, -0.05) is 53.4 Å². The average molecular weight is 385 g/mol. The number of aromatic nitrogens is 2. The smallest absolute Gasteiger partial charge is 0.257 e. The van der Waals surface area contributed by atoms with Crippen molar-refractivity contribution in [2.24, 2.45) is 0 Å². The lowest BCUT2D eigenvalue weighted by Gasteiger charge is -2.02. The van der Waals surface area contributed by atoms with Gasteiger partial charge in [0, 0.05) is 11.1 Å². The number of ether oxygens (including phenoxy) is 1. The number of carbonyl (C=O) groups is 2. The summed E-state index contributed by atoms with van der Waals surface area (Å²) in [5.41, 5.74) is 1.16. The maximum Gasteiger partial charge on any atom is 0.257 e. The molecule has 132 valence electrons. The molecule has 26 heavy (non-hydrogen) atoms. The van der Waals surface area contributed by atoms with Crippen LogP contribution >= 0.6 is 23.1 Å². The molecule has 2 aromatic carbocycles. The highest BCUT2D eigenvalue weighted by atomic mass is 32.2. The Morgan fingerprint density at radius 3 is 2.46 bits per heavy atom. The Morgan fingerprint density at radius 2 is 1.77 bits per heavy atom. The van der Waals surface area contributed by atoms with Crippen molar-refractivity contribution in [3.8, 4) is 5.75 Å². The van der Waals surface area contributed by atoms with Crippen LogP contribution in [0.4, 0.5) is 5.13 Å². The van der Waals surface area contributed by atoms with Crippen molar-refractivity contribution in [3.05, 3.63) is 65.7 Å². The van der Waals surface area contributed by atoms with Crippen LogP contribution in [0, 0.1) is 0 Å². The van der Waals surface area contributed by atoms with Gasteiger partial charge in [-0.25, -0.2) is 0 Å². The number of anilines is 1. The molecule has 0 aliphatic rings. The number of benzene rings is 2. The fraction of sp³-hybridized carbons (Fsp3) is 0.111. The molecule has 3 rings (SSSR count). The second kappa shape index (κ2) is 8.59. The Labute approximate surface area is 158 Å². The van der Waals surface area contributed by atoms with Crippen LogP contribution in [0.5, 0.6) is 5.75 Å². The van der Waals surface area contributed by atoms with Crippen LogP contribution in [0.25, 0.3) is 0 Å². The van der Waals surface area contributed by atoms with Crippen LogP contribution in [-0.2, 0) is 0 Å². The molecule has 0 atom stereocenters. The predicted molar refractivity (Wildman–Crippen MR) is 102 cm³/mol. The molecule has 0 aliphatic carbocycles. The molecule has 0 fully saturated rings. The van der Waals surface area contributed by atoms with E-state index in [2.05, 4.69) is 15.5 Å². The molecule has 1 amide bonds. The Morgan fingerprint density at radius 1 is 1.04 bits per heavy atom. The summed E-state index contributed by atoms with van der Waals surface area (Å²) in [7, 11) is 1.57. The van der Waals surface area contributed by atoms with Gasteiger partial charge in [0.05, 0.1) is 12.9 Å². The zero-order valence-corrected chi connectivity index (χ0v) is 15.5. The fourth-order valence-corrected chi connectivity index (χ4v) is 3.71. The first-order valence-electron chi connectivity index (χ1n) is 7.65. The number of Topliss-reactive ketones (excluding diaryl/α,β-unsaturated/α-hetero) is 1. The Balaban J connectivity index is 1.55. The van der Waals surface area contributed by atoms with Crippen molar-refractivity contribution in [2.75, 3.05) is 18.2 Å². The van der Waals surface area contributed by atoms with Gasteiger partial charge in [-0.3, -0.25) is 14.9 Å². The van der Waals surface area contributed by atoms with Gasteiger partial charge in [0.1, 0.15) is 5.75 Å². The van der Waals surface area contributed by atoms with Gasteiger partial charge in [0.2, 0.25) is 5.13 Å². The van der Waals surface area contributed by atoms with Crippen LogP contribution in [0.3, 0.4) is 0 Å². The van der Waals surface area contributed by atoms with Crippen molar-refractivity contribution < 1.29 is 14.3 Å². The summed E-state index contributed by atoms with van der Waals surface area (Å²) in [6.45, 7) is 0. The molecule has 0 bridgehead atoms. The zero-order valence-electron chi connectivity index (χ0n) is 13.8. The van der Waals surface area contributed by atoms with Gasteiger partial charge in [-0.2, -0.15) is 0 Å². The largest absolute Gasteiger partial charge is 0.497 e. The second-order valence-corrected chi connectivity index (χ2v) is 7.33. The Bertz CT molecular complexity index is 896. The summed E-state index contributed by atoms with van der Waals surface area (Å²) in [5, 5.41) is 11.0. The third-order valence-corrected chi connectivity index (χ3v) is 5.37. The molecule has 0 saturated heterocycles. The van der Waals surface area contributed by atoms with Gasteiger partial charge >= 0.3 is 0 Å². The molecule has 6 nitrogen and oxygen atoms in total. The topological polar surface area (TPSA) is 81.2 Å². The number of thioether (sulfide) groups is 1. The molecule has 0 aliphatic heterocycles. The minimum Gasteiger partial charge on any atom is -0.497 e. The van der Waals surface area contributed by atoms with E-state index in [1.165, 1.54) is 23.1 Å². The zero-order chi connectivity index (χ0) is 18.4. The summed E-state index contributed by atoms with van der Waals surface area (Å²) in [6, 6.07) is 15.9. The normalized spacial score (nSPS) is 10.3. The lowest BCUT2D eigenvalue weighted by Crippen LogP contribution is -2.11. The number of hydrogen-bond acceptors (Lipinski definition) is 7. The van der Waals surface area contributed by atoms with Crippen molar-refractivity contribution in [1.29, 1.82) is 0 Å². The van der Waals surface area contributed by atoms with E-state index in [0.717, 1.165) is 0 Å². The van der Waals surface area contributed by atoms with Crippen LogP contribution in [0.15, 0.2) is 58.9 Å². The van der Waals surface area contributed by atoms with Gasteiger partial charge in [-0.15, -0.1) is 10.2 Å². The summed E-state index contributed by atoms with van der Waals surface area (Å²) in [4.78, 5) is 24.3. The third kappa shape index (κ3) is 4.68. The fourth-order valence-electron chi connectivity index (χ4n) is 2.06. The standard InChI is InChI=1S/C18H15N3O3S2/c1-24-14-9-7-13(8-10-14)16(23)19-17-20-21-18(26-17)25-11-15(22)12-5-3-2-4-6-12/h2-10H,11H2,1H3,(H,19,20,23). The van der Waals surface area contributed by atoms with Crippen LogP contribution < -0.4 is 10.1 Å². The molecule has 1 N–H and O–H groups in total. The van der Waals surface area contributed by atoms with E-state index in [0.29, 0.717) is 26.3 Å². The number of rotatable bonds is 7. The van der Waals surface area contributed by atoms with E-state index < -0.39 is 0 Å². The van der Waals surface area contributed by atoms with E-state index in [9.17, 15) is 9.59 Å². The minimum atomic E-state index is -0.277. The minimum absolute atomic E-state index is 0.0228. The molecular formula is C18H15N3O3S2. The first-order chi connectivity index (χ1) is 12.7. The van der Waals surface area contributed by atoms with E-state index in [1.54, 1.807) is 43.5 Å². The summed E-state index contributed by atoms with van der Waals surface area (Å²) >= 11 is 2.53. The van der Waals surface area contributed by atoms with Crippen molar-refractivity contribution >= 4 is 39.9 Å². The van der Waals surface area contributed by atoms with Crippen molar-refractivity contribution in [3.63, 3.8) is 0 Å². The maximum atomic E-state index is 12.2. The number of methoxy groups -OCH3 is 1. The number of carbonyl (C=O) groups excluding carboxylic acids is 2. The molecule has 1 aromatic heterocycles. The highest BCUT2D eigenvalue weighted by Crippen LogP contribution is 2.26. The van der Waals surface area contributed by atoms with Gasteiger partial charge < -0.3 is 4.74 Å². The van der Waals surface area contributed by atoms with Gasteiger partial charge in [0.25, 0.3) is 5.91 Å². The van der Waals surface area contributed by atoms with E-state index >= 15 is 0 Å². The molecular weight excluding hydrogens is 370 g/mol. The van der Waals surface area contributed by atoms with Crippen LogP contribution in [0.1, 0.15) is 20.7 Å². The molecule has 8 heteroatoms. The molecule has 3 aromatic rings. The molecule has 1 heterocycles. The molecule has 0 unspecified atom stereocenters. The number of hydrogen-bond donors (Lipinski definition) is 1. The van der Waals surface area contributed by atoms with Gasteiger partial charge in [-0.05, 0) is 24.3 Å². The van der Waals surface area contributed by atoms with Gasteiger partial charge in [0.15, 0.2) is 10.1 Å². The maximum absolute atomic E-state index is 12.2. The summed E-state index contributed by atoms with van der Waals surface area (Å²) in [6.07, 6.45) is 0. The average Bonchev–Trinajstić information content (AvgIpc) is 3.14. The number of nitrogens with one attached hydrogen (secondary N) is 1. The quantitative estimate of drug-likeness (QED) is 0.379. The molecule has 0 radical (unpaired) electrons. The highest BCUT2D eigenvalue weighted by Gasteiger charge is 2.12. The Kier molecular flexibility index (Phi) is 5.98. The van der Waals surface area contributed by atoms with Crippen molar-refractivity contribution in [1.82, 2.24) is 10.2 Å². The van der Waals surface area contributed by atoms with Crippen LogP contribution in [-0.4, -0.2) is 34.8 Å². The summed E-state index contributed by atoms with van der Waals surface area (Å²) in [5.74, 6) is 0.694. The number of ketones is 1. The third-order valence-electron chi connectivity index (χ3n) is 3.40. The lowest BCUT2D eigenvalue weighted by molar-refractivity contribution is 0.101. The lowest BCUT2D eigenvalue weighted by atomic mass is 10.2. The molecule has 0 spiro atoms. The monoisotopic (exact) mass is 385 g/mol. The van der Waals surface area contributed by atoms with E-state index in [-0.39, 0.29) is 17.4 Å².